The molecule has 1 N–H and O–H groups in total. The highest BCUT2D eigenvalue weighted by Gasteiger charge is 2.20. The molecule has 0 radical (unpaired) electrons. The van der Waals surface area contributed by atoms with E-state index >= 15 is 0 Å². The molecule has 0 fully saturated rings. The van der Waals surface area contributed by atoms with Crippen LogP contribution in [0.5, 0.6) is 0 Å². The molecular weight excluding hydrogens is 280 g/mol. The predicted octanol–water partition coefficient (Wildman–Crippen LogP) is 2.57. The Morgan fingerprint density at radius 1 is 1.36 bits per heavy atom. The van der Waals surface area contributed by atoms with Crippen LogP contribution >= 0.6 is 0 Å². The smallest absolute Gasteiger partial charge is 0.243 e. The van der Waals surface area contributed by atoms with Gasteiger partial charge in [0.05, 0.1) is 12.6 Å². The number of nitrogens with zero attached hydrogens (tertiary/aromatic N) is 3. The Labute approximate surface area is 130 Å². The highest BCUT2D eigenvalue weighted by Crippen LogP contribution is 2.17. The Morgan fingerprint density at radius 3 is 2.64 bits per heavy atom. The molecule has 1 atom stereocenters. The normalized spacial score (nSPS) is 12.4. The van der Waals surface area contributed by atoms with Crippen LogP contribution in [0, 0.1) is 6.92 Å². The number of aromatic nitrogens is 2. The van der Waals surface area contributed by atoms with Crippen molar-refractivity contribution in [3.63, 3.8) is 0 Å². The van der Waals surface area contributed by atoms with Crippen LogP contribution in [0.25, 0.3) is 0 Å². The van der Waals surface area contributed by atoms with Crippen molar-refractivity contribution in [1.29, 1.82) is 0 Å². The molecule has 0 aliphatic rings. The number of amides is 1. The molecule has 0 saturated carbocycles. The predicted molar refractivity (Wildman–Crippen MR) is 84.5 cm³/mol. The van der Waals surface area contributed by atoms with E-state index in [9.17, 15) is 4.79 Å². The number of carbonyl (C=O) groups excluding carboxylic acids is 1. The third-order valence-electron chi connectivity index (χ3n) is 3.55. The summed E-state index contributed by atoms with van der Waals surface area (Å²) in [5.74, 6) is 1.13. The third-order valence-corrected chi connectivity index (χ3v) is 3.55. The summed E-state index contributed by atoms with van der Waals surface area (Å²) < 4.78 is 5.22. The van der Waals surface area contributed by atoms with Gasteiger partial charge < -0.3 is 9.84 Å². The van der Waals surface area contributed by atoms with Crippen molar-refractivity contribution in [2.75, 3.05) is 18.9 Å². The maximum Gasteiger partial charge on any atom is 0.243 e. The SMILES string of the molecule is CCc1noc([C@@H](C)N(C)CC(=O)Nc2ccc(C)cc2)n1. The second kappa shape index (κ2) is 7.17. The summed E-state index contributed by atoms with van der Waals surface area (Å²) in [6.07, 6.45) is 0.730. The van der Waals surface area contributed by atoms with Crippen LogP contribution in [-0.4, -0.2) is 34.5 Å². The van der Waals surface area contributed by atoms with Crippen LogP contribution in [0.15, 0.2) is 28.8 Å². The van der Waals surface area contributed by atoms with E-state index in [0.29, 0.717) is 11.7 Å². The number of hydrogen-bond donors (Lipinski definition) is 1. The lowest BCUT2D eigenvalue weighted by Crippen LogP contribution is -2.32. The summed E-state index contributed by atoms with van der Waals surface area (Å²) in [5, 5.41) is 6.76. The minimum atomic E-state index is -0.114. The van der Waals surface area contributed by atoms with Gasteiger partial charge in [0, 0.05) is 12.1 Å². The third kappa shape index (κ3) is 4.14. The first kappa shape index (κ1) is 16.2. The van der Waals surface area contributed by atoms with Gasteiger partial charge in [0.15, 0.2) is 5.82 Å². The van der Waals surface area contributed by atoms with Gasteiger partial charge in [0.1, 0.15) is 0 Å². The molecule has 0 spiro atoms. The molecule has 2 aromatic rings. The number of carbonyl (C=O) groups is 1. The van der Waals surface area contributed by atoms with Crippen LogP contribution in [0.4, 0.5) is 5.69 Å². The molecule has 0 aliphatic heterocycles. The van der Waals surface area contributed by atoms with Gasteiger partial charge in [0.2, 0.25) is 11.8 Å². The first-order valence-corrected chi connectivity index (χ1v) is 7.38. The van der Waals surface area contributed by atoms with Crippen molar-refractivity contribution in [2.24, 2.45) is 0 Å². The van der Waals surface area contributed by atoms with Crippen molar-refractivity contribution in [1.82, 2.24) is 15.0 Å². The highest BCUT2D eigenvalue weighted by molar-refractivity contribution is 5.92. The lowest BCUT2D eigenvalue weighted by molar-refractivity contribution is -0.117. The summed E-state index contributed by atoms with van der Waals surface area (Å²) in [4.78, 5) is 18.3. The molecule has 0 aliphatic carbocycles. The molecule has 1 amide bonds. The van der Waals surface area contributed by atoms with E-state index in [4.69, 9.17) is 4.52 Å². The van der Waals surface area contributed by atoms with Gasteiger partial charge >= 0.3 is 0 Å². The minimum absolute atomic E-state index is 0.0755. The molecule has 1 heterocycles. The van der Waals surface area contributed by atoms with Crippen LogP contribution in [0.3, 0.4) is 0 Å². The van der Waals surface area contributed by atoms with Crippen LogP contribution in [0.1, 0.15) is 37.2 Å². The fourth-order valence-corrected chi connectivity index (χ4v) is 1.97. The lowest BCUT2D eigenvalue weighted by atomic mass is 10.2. The van der Waals surface area contributed by atoms with Crippen molar-refractivity contribution >= 4 is 11.6 Å². The second-order valence-corrected chi connectivity index (χ2v) is 5.41. The highest BCUT2D eigenvalue weighted by atomic mass is 16.5. The van der Waals surface area contributed by atoms with Gasteiger partial charge in [-0.25, -0.2) is 0 Å². The van der Waals surface area contributed by atoms with Crippen LogP contribution < -0.4 is 5.32 Å². The molecule has 1 aromatic carbocycles. The molecule has 0 bridgehead atoms. The van der Waals surface area contributed by atoms with Crippen molar-refractivity contribution in [3.05, 3.63) is 41.5 Å². The topological polar surface area (TPSA) is 71.3 Å². The fourth-order valence-electron chi connectivity index (χ4n) is 1.97. The largest absolute Gasteiger partial charge is 0.338 e. The molecule has 2 rings (SSSR count). The van der Waals surface area contributed by atoms with Gasteiger partial charge in [-0.05, 0) is 33.0 Å². The molecular formula is C16H22N4O2. The molecule has 118 valence electrons. The summed E-state index contributed by atoms with van der Waals surface area (Å²) in [7, 11) is 1.86. The number of anilines is 1. The van der Waals surface area contributed by atoms with E-state index in [1.165, 1.54) is 0 Å². The lowest BCUT2D eigenvalue weighted by Gasteiger charge is -2.20. The van der Waals surface area contributed by atoms with Crippen molar-refractivity contribution < 1.29 is 9.32 Å². The Balaban J connectivity index is 1.91. The van der Waals surface area contributed by atoms with Crippen LogP contribution in [-0.2, 0) is 11.2 Å². The maximum absolute atomic E-state index is 12.1. The zero-order chi connectivity index (χ0) is 16.1. The Hall–Kier alpha value is -2.21. The summed E-state index contributed by atoms with van der Waals surface area (Å²) >= 11 is 0. The van der Waals surface area contributed by atoms with E-state index in [1.807, 2.05) is 57.0 Å². The molecule has 0 saturated heterocycles. The van der Waals surface area contributed by atoms with E-state index < -0.39 is 0 Å². The fraction of sp³-hybridized carbons (Fsp3) is 0.438. The van der Waals surface area contributed by atoms with Crippen molar-refractivity contribution in [2.45, 2.75) is 33.2 Å². The summed E-state index contributed by atoms with van der Waals surface area (Å²) in [5.41, 5.74) is 1.95. The van der Waals surface area contributed by atoms with E-state index in [0.717, 1.165) is 17.7 Å². The number of rotatable bonds is 6. The zero-order valence-electron chi connectivity index (χ0n) is 13.5. The van der Waals surface area contributed by atoms with E-state index in [2.05, 4.69) is 15.5 Å². The first-order chi connectivity index (χ1) is 10.5. The Kier molecular flexibility index (Phi) is 5.27. The van der Waals surface area contributed by atoms with Crippen molar-refractivity contribution in [3.8, 4) is 0 Å². The van der Waals surface area contributed by atoms with E-state index in [-0.39, 0.29) is 18.5 Å². The van der Waals surface area contributed by atoms with Gasteiger partial charge in [0.25, 0.3) is 0 Å². The van der Waals surface area contributed by atoms with Gasteiger partial charge in [-0.15, -0.1) is 0 Å². The van der Waals surface area contributed by atoms with E-state index in [1.54, 1.807) is 0 Å². The number of benzene rings is 1. The maximum atomic E-state index is 12.1. The molecule has 22 heavy (non-hydrogen) atoms. The average molecular weight is 302 g/mol. The van der Waals surface area contributed by atoms with Crippen LogP contribution in [0.2, 0.25) is 0 Å². The summed E-state index contributed by atoms with van der Waals surface area (Å²) in [6.45, 7) is 6.17. The average Bonchev–Trinajstić information content (AvgIpc) is 2.97. The van der Waals surface area contributed by atoms with Gasteiger partial charge in [-0.2, -0.15) is 4.98 Å². The van der Waals surface area contributed by atoms with Gasteiger partial charge in [-0.1, -0.05) is 29.8 Å². The quantitative estimate of drug-likeness (QED) is 0.888. The molecule has 1 aromatic heterocycles. The Bertz CT molecular complexity index is 621. The molecule has 6 heteroatoms. The van der Waals surface area contributed by atoms with Gasteiger partial charge in [-0.3, -0.25) is 9.69 Å². The monoisotopic (exact) mass is 302 g/mol. The minimum Gasteiger partial charge on any atom is -0.338 e. The Morgan fingerprint density at radius 2 is 2.05 bits per heavy atom. The summed E-state index contributed by atoms with van der Waals surface area (Å²) in [6, 6.07) is 7.60. The molecule has 6 nitrogen and oxygen atoms in total. The standard InChI is InChI=1S/C16H22N4O2/c1-5-14-18-16(22-19-14)12(3)20(4)10-15(21)17-13-8-6-11(2)7-9-13/h6-9,12H,5,10H2,1-4H3,(H,17,21)/t12-/m1/s1. The number of aryl methyl sites for hydroxylation is 2. The molecule has 0 unspecified atom stereocenters. The number of likely N-dealkylation sites (N-methyl/N-ethyl adjacent to an activating group) is 1. The number of nitrogens with one attached hydrogen (secondary N) is 1. The number of hydrogen-bond acceptors (Lipinski definition) is 5. The first-order valence-electron chi connectivity index (χ1n) is 7.38. The zero-order valence-corrected chi connectivity index (χ0v) is 13.5. The second-order valence-electron chi connectivity index (χ2n) is 5.41.